The normalized spacial score (nSPS) is 11.4. The van der Waals surface area contributed by atoms with E-state index in [2.05, 4.69) is 29.3 Å². The number of benzene rings is 3. The first-order valence-corrected chi connectivity index (χ1v) is 10.7. The van der Waals surface area contributed by atoms with Crippen LogP contribution in [0.5, 0.6) is 0 Å². The van der Waals surface area contributed by atoms with Crippen molar-refractivity contribution in [2.75, 3.05) is 0 Å². The maximum atomic E-state index is 13.4. The Bertz CT molecular complexity index is 1450. The lowest BCUT2D eigenvalue weighted by Gasteiger charge is -2.07. The third-order valence-corrected chi connectivity index (χ3v) is 5.89. The SMILES string of the molecule is Cc1ccc(/C=C/c2nc3ccccc3c(=O)n2-c2nnc(-c3ccccc3)s2)cc1. The van der Waals surface area contributed by atoms with Crippen LogP contribution < -0.4 is 5.56 Å². The molecule has 0 fully saturated rings. The number of hydrogen-bond acceptors (Lipinski definition) is 5. The summed E-state index contributed by atoms with van der Waals surface area (Å²) in [5.41, 5.74) is 3.68. The highest BCUT2D eigenvalue weighted by Gasteiger charge is 2.15. The van der Waals surface area contributed by atoms with E-state index in [1.54, 1.807) is 6.07 Å². The number of para-hydroxylation sites is 1. The number of hydrogen-bond donors (Lipinski definition) is 0. The molecule has 5 nitrogen and oxygen atoms in total. The minimum absolute atomic E-state index is 0.162. The summed E-state index contributed by atoms with van der Waals surface area (Å²) in [5.74, 6) is 0.514. The van der Waals surface area contributed by atoms with Gasteiger partial charge in [0, 0.05) is 5.56 Å². The molecule has 0 saturated carbocycles. The zero-order valence-electron chi connectivity index (χ0n) is 16.8. The van der Waals surface area contributed by atoms with Gasteiger partial charge in [-0.2, -0.15) is 0 Å². The molecule has 0 bridgehead atoms. The van der Waals surface area contributed by atoms with E-state index in [9.17, 15) is 4.79 Å². The summed E-state index contributed by atoms with van der Waals surface area (Å²) in [6.07, 6.45) is 3.80. The number of fused-ring (bicyclic) bond motifs is 1. The highest BCUT2D eigenvalue weighted by Crippen LogP contribution is 2.26. The number of aryl methyl sites for hydroxylation is 1. The van der Waals surface area contributed by atoms with Crippen molar-refractivity contribution in [3.8, 4) is 15.7 Å². The number of nitrogens with zero attached hydrogens (tertiary/aromatic N) is 4. The van der Waals surface area contributed by atoms with E-state index in [1.807, 2.05) is 72.8 Å². The van der Waals surface area contributed by atoms with Crippen LogP contribution in [0.3, 0.4) is 0 Å². The Labute approximate surface area is 183 Å². The second-order valence-corrected chi connectivity index (χ2v) is 8.08. The number of aromatic nitrogens is 4. The first-order valence-electron chi connectivity index (χ1n) is 9.85. The predicted octanol–water partition coefficient (Wildman–Crippen LogP) is 5.38. The summed E-state index contributed by atoms with van der Waals surface area (Å²) in [5, 5.41) is 10.4. The zero-order valence-corrected chi connectivity index (χ0v) is 17.6. The van der Waals surface area contributed by atoms with Gasteiger partial charge in [0.1, 0.15) is 10.8 Å². The van der Waals surface area contributed by atoms with E-state index in [-0.39, 0.29) is 5.56 Å². The predicted molar refractivity (Wildman–Crippen MR) is 126 cm³/mol. The van der Waals surface area contributed by atoms with Gasteiger partial charge in [-0.15, -0.1) is 10.2 Å². The van der Waals surface area contributed by atoms with Crippen molar-refractivity contribution in [3.05, 3.63) is 106 Å². The standard InChI is InChI=1S/C25H18N4OS/c1-17-11-13-18(14-12-17)15-16-22-26-21-10-6-5-9-20(21)24(30)29(22)25-28-27-23(31-25)19-7-3-2-4-8-19/h2-16H,1H3/b16-15+. The third kappa shape index (κ3) is 3.81. The van der Waals surface area contributed by atoms with Crippen LogP contribution in [-0.4, -0.2) is 19.7 Å². The summed E-state index contributed by atoms with van der Waals surface area (Å²) in [4.78, 5) is 18.1. The maximum absolute atomic E-state index is 13.4. The van der Waals surface area contributed by atoms with Crippen LogP contribution in [-0.2, 0) is 0 Å². The molecule has 0 aliphatic rings. The van der Waals surface area contributed by atoms with Crippen molar-refractivity contribution < 1.29 is 0 Å². The first kappa shape index (κ1) is 19.1. The average molecular weight is 423 g/mol. The summed E-state index contributed by atoms with van der Waals surface area (Å²) in [7, 11) is 0. The van der Waals surface area contributed by atoms with Gasteiger partial charge in [-0.1, -0.05) is 89.7 Å². The van der Waals surface area contributed by atoms with Gasteiger partial charge in [-0.05, 0) is 30.7 Å². The van der Waals surface area contributed by atoms with E-state index in [4.69, 9.17) is 4.98 Å². The molecule has 0 radical (unpaired) electrons. The Morgan fingerprint density at radius 2 is 1.58 bits per heavy atom. The van der Waals surface area contributed by atoms with Crippen molar-refractivity contribution >= 4 is 34.4 Å². The number of rotatable bonds is 4. The van der Waals surface area contributed by atoms with Gasteiger partial charge in [0.2, 0.25) is 5.13 Å². The Morgan fingerprint density at radius 1 is 0.839 bits per heavy atom. The molecule has 0 unspecified atom stereocenters. The van der Waals surface area contributed by atoms with E-state index in [1.165, 1.54) is 21.5 Å². The van der Waals surface area contributed by atoms with Crippen molar-refractivity contribution in [2.24, 2.45) is 0 Å². The monoisotopic (exact) mass is 422 g/mol. The maximum Gasteiger partial charge on any atom is 0.268 e. The van der Waals surface area contributed by atoms with Crippen LogP contribution in [0, 0.1) is 6.92 Å². The fourth-order valence-electron chi connectivity index (χ4n) is 3.30. The Balaban J connectivity index is 1.66. The quantitative estimate of drug-likeness (QED) is 0.390. The molecular weight excluding hydrogens is 404 g/mol. The largest absolute Gasteiger partial charge is 0.268 e. The van der Waals surface area contributed by atoms with Crippen molar-refractivity contribution in [3.63, 3.8) is 0 Å². The summed E-state index contributed by atoms with van der Waals surface area (Å²) >= 11 is 1.37. The van der Waals surface area contributed by atoms with E-state index in [0.717, 1.165) is 16.1 Å². The smallest absolute Gasteiger partial charge is 0.268 e. The minimum atomic E-state index is -0.162. The zero-order chi connectivity index (χ0) is 21.2. The third-order valence-electron chi connectivity index (χ3n) is 4.93. The summed E-state index contributed by atoms with van der Waals surface area (Å²) < 4.78 is 1.54. The molecule has 0 saturated heterocycles. The van der Waals surface area contributed by atoms with Gasteiger partial charge >= 0.3 is 0 Å². The van der Waals surface area contributed by atoms with Gasteiger partial charge in [-0.25, -0.2) is 9.55 Å². The Hall–Kier alpha value is -3.90. The van der Waals surface area contributed by atoms with Gasteiger partial charge in [-0.3, -0.25) is 4.79 Å². The van der Waals surface area contributed by atoms with Crippen LogP contribution in [0.1, 0.15) is 17.0 Å². The van der Waals surface area contributed by atoms with Gasteiger partial charge in [0.25, 0.3) is 5.56 Å². The molecule has 2 aromatic heterocycles. The second kappa shape index (κ2) is 8.08. The van der Waals surface area contributed by atoms with Gasteiger partial charge < -0.3 is 0 Å². The van der Waals surface area contributed by atoms with Crippen molar-refractivity contribution in [1.29, 1.82) is 0 Å². The van der Waals surface area contributed by atoms with Crippen LogP contribution in [0.25, 0.3) is 38.8 Å². The fourth-order valence-corrected chi connectivity index (χ4v) is 4.16. The molecule has 3 aromatic carbocycles. The lowest BCUT2D eigenvalue weighted by atomic mass is 10.1. The van der Waals surface area contributed by atoms with Crippen molar-refractivity contribution in [2.45, 2.75) is 6.92 Å². The molecule has 6 heteroatoms. The summed E-state index contributed by atoms with van der Waals surface area (Å²) in [6.45, 7) is 2.05. The molecule has 150 valence electrons. The van der Waals surface area contributed by atoms with E-state index in [0.29, 0.717) is 21.9 Å². The van der Waals surface area contributed by atoms with Crippen LogP contribution in [0.2, 0.25) is 0 Å². The van der Waals surface area contributed by atoms with E-state index < -0.39 is 0 Å². The van der Waals surface area contributed by atoms with Crippen LogP contribution >= 0.6 is 11.3 Å². The molecule has 0 aliphatic carbocycles. The summed E-state index contributed by atoms with van der Waals surface area (Å²) in [6, 6.07) is 25.3. The molecule has 0 N–H and O–H groups in total. The molecule has 0 spiro atoms. The molecular formula is C25H18N4OS. The molecule has 0 atom stereocenters. The lowest BCUT2D eigenvalue weighted by molar-refractivity contribution is 0.899. The fraction of sp³-hybridized carbons (Fsp3) is 0.0400. The topological polar surface area (TPSA) is 60.7 Å². The molecule has 0 aliphatic heterocycles. The highest BCUT2D eigenvalue weighted by molar-refractivity contribution is 7.17. The van der Waals surface area contributed by atoms with Crippen molar-refractivity contribution in [1.82, 2.24) is 19.7 Å². The van der Waals surface area contributed by atoms with Crippen LogP contribution in [0.4, 0.5) is 0 Å². The highest BCUT2D eigenvalue weighted by atomic mass is 32.1. The molecule has 5 rings (SSSR count). The van der Waals surface area contributed by atoms with Gasteiger partial charge in [0.05, 0.1) is 10.9 Å². The molecule has 0 amide bonds. The van der Waals surface area contributed by atoms with E-state index >= 15 is 0 Å². The Morgan fingerprint density at radius 3 is 2.39 bits per heavy atom. The van der Waals surface area contributed by atoms with Crippen LogP contribution in [0.15, 0.2) is 83.7 Å². The molecule has 5 aromatic rings. The second-order valence-electron chi connectivity index (χ2n) is 7.13. The first-order chi connectivity index (χ1) is 15.2. The minimum Gasteiger partial charge on any atom is -0.268 e. The average Bonchev–Trinajstić information content (AvgIpc) is 3.29. The molecule has 2 heterocycles. The Kier molecular flexibility index (Phi) is 4.98. The van der Waals surface area contributed by atoms with Gasteiger partial charge in [0.15, 0.2) is 0 Å². The lowest BCUT2D eigenvalue weighted by Crippen LogP contribution is -2.22. The molecule has 31 heavy (non-hydrogen) atoms.